The average molecular weight is 302 g/mol. The first-order chi connectivity index (χ1) is 10.5. The molecule has 2 amide bonds. The minimum Gasteiger partial charge on any atom is -0.343 e. The van der Waals surface area contributed by atoms with Gasteiger partial charge in [-0.15, -0.1) is 0 Å². The lowest BCUT2D eigenvalue weighted by molar-refractivity contribution is -0.121. The van der Waals surface area contributed by atoms with E-state index in [4.69, 9.17) is 0 Å². The van der Waals surface area contributed by atoms with Crippen molar-refractivity contribution in [2.75, 3.05) is 11.9 Å². The molecule has 0 fully saturated rings. The highest BCUT2D eigenvalue weighted by Gasteiger charge is 2.08. The van der Waals surface area contributed by atoms with E-state index in [2.05, 4.69) is 20.8 Å². The van der Waals surface area contributed by atoms with Gasteiger partial charge >= 0.3 is 0 Å². The summed E-state index contributed by atoms with van der Waals surface area (Å²) in [6.07, 6.45) is 4.60. The van der Waals surface area contributed by atoms with Gasteiger partial charge in [-0.25, -0.2) is 4.39 Å². The number of hydrogen-bond acceptors (Lipinski definition) is 3. The van der Waals surface area contributed by atoms with E-state index in [0.29, 0.717) is 16.8 Å². The van der Waals surface area contributed by atoms with Gasteiger partial charge < -0.3 is 10.6 Å². The summed E-state index contributed by atoms with van der Waals surface area (Å²) in [5.41, 5.74) is 1.65. The van der Waals surface area contributed by atoms with Gasteiger partial charge in [0, 0.05) is 11.8 Å². The third kappa shape index (κ3) is 4.55. The molecule has 114 valence electrons. The molecular formula is C15H15FN4O2. The number of nitrogens with one attached hydrogen (secondary N) is 3. The summed E-state index contributed by atoms with van der Waals surface area (Å²) in [6.45, 7) is 1.46. The summed E-state index contributed by atoms with van der Waals surface area (Å²) in [6, 6.07) is 5.76. The zero-order chi connectivity index (χ0) is 15.9. The molecular weight excluding hydrogens is 287 g/mol. The zero-order valence-electron chi connectivity index (χ0n) is 11.9. The van der Waals surface area contributed by atoms with Gasteiger partial charge in [-0.1, -0.05) is 12.1 Å². The van der Waals surface area contributed by atoms with Crippen LogP contribution < -0.4 is 10.6 Å². The molecule has 0 spiro atoms. The maximum Gasteiger partial charge on any atom is 0.247 e. The van der Waals surface area contributed by atoms with Crippen LogP contribution in [0.25, 0.3) is 6.08 Å². The molecule has 0 saturated heterocycles. The van der Waals surface area contributed by atoms with E-state index >= 15 is 0 Å². The van der Waals surface area contributed by atoms with Gasteiger partial charge in [0.05, 0.1) is 18.4 Å². The summed E-state index contributed by atoms with van der Waals surface area (Å²) in [7, 11) is 0. The van der Waals surface area contributed by atoms with Gasteiger partial charge in [-0.3, -0.25) is 14.7 Å². The normalized spacial score (nSPS) is 11.1. The Hall–Kier alpha value is -2.96. The number of hydrogen-bond donors (Lipinski definition) is 3. The van der Waals surface area contributed by atoms with Crippen LogP contribution in [-0.2, 0) is 9.59 Å². The van der Waals surface area contributed by atoms with Gasteiger partial charge in [-0.05, 0) is 30.7 Å². The minimum absolute atomic E-state index is 0.154. The Bertz CT molecular complexity index is 678. The first-order valence-corrected chi connectivity index (χ1v) is 6.55. The lowest BCUT2D eigenvalue weighted by atomic mass is 10.1. The Morgan fingerprint density at radius 2 is 2.05 bits per heavy atom. The molecule has 0 aliphatic rings. The number of amides is 2. The summed E-state index contributed by atoms with van der Waals surface area (Å²) in [5, 5.41) is 11.3. The Balaban J connectivity index is 1.85. The molecule has 0 unspecified atom stereocenters. The fourth-order valence-corrected chi connectivity index (χ4v) is 1.70. The Morgan fingerprint density at radius 1 is 1.32 bits per heavy atom. The van der Waals surface area contributed by atoms with Crippen molar-refractivity contribution in [3.63, 3.8) is 0 Å². The van der Waals surface area contributed by atoms with Crippen LogP contribution in [0.5, 0.6) is 0 Å². The fourth-order valence-electron chi connectivity index (χ4n) is 1.70. The maximum atomic E-state index is 12.8. The van der Waals surface area contributed by atoms with E-state index < -0.39 is 0 Å². The summed E-state index contributed by atoms with van der Waals surface area (Å²) in [4.78, 5) is 23.5. The molecule has 3 N–H and O–H groups in total. The highest BCUT2D eigenvalue weighted by Crippen LogP contribution is 2.08. The number of aromatic nitrogens is 2. The number of carbonyl (C=O) groups is 2. The van der Waals surface area contributed by atoms with Gasteiger partial charge in [0.25, 0.3) is 0 Å². The van der Waals surface area contributed by atoms with E-state index in [9.17, 15) is 14.0 Å². The first kappa shape index (κ1) is 15.4. The van der Waals surface area contributed by atoms with Crippen molar-refractivity contribution in [2.45, 2.75) is 6.92 Å². The maximum absolute atomic E-state index is 12.8. The number of benzene rings is 1. The van der Waals surface area contributed by atoms with Crippen molar-refractivity contribution in [1.29, 1.82) is 0 Å². The fraction of sp³-hybridized carbons (Fsp3) is 0.133. The average Bonchev–Trinajstić information content (AvgIpc) is 3.00. The van der Waals surface area contributed by atoms with E-state index in [0.717, 1.165) is 0 Å². The predicted octanol–water partition coefficient (Wildman–Crippen LogP) is 1.71. The van der Waals surface area contributed by atoms with Crippen LogP contribution in [0.4, 0.5) is 10.1 Å². The summed E-state index contributed by atoms with van der Waals surface area (Å²) in [5.74, 6) is -1.06. The highest BCUT2D eigenvalue weighted by molar-refractivity contribution is 6.00. The van der Waals surface area contributed by atoms with Crippen molar-refractivity contribution in [1.82, 2.24) is 15.5 Å². The molecule has 1 aromatic heterocycles. The molecule has 0 bridgehead atoms. The van der Waals surface area contributed by atoms with Crippen LogP contribution in [0.1, 0.15) is 12.5 Å². The van der Waals surface area contributed by atoms with Crippen molar-refractivity contribution in [2.24, 2.45) is 0 Å². The quantitative estimate of drug-likeness (QED) is 0.735. The van der Waals surface area contributed by atoms with Crippen LogP contribution >= 0.6 is 0 Å². The van der Waals surface area contributed by atoms with Crippen LogP contribution in [0.2, 0.25) is 0 Å². The zero-order valence-corrected chi connectivity index (χ0v) is 11.9. The molecule has 1 heterocycles. The second kappa shape index (κ2) is 7.16. The van der Waals surface area contributed by atoms with Crippen molar-refractivity contribution < 1.29 is 14.0 Å². The van der Waals surface area contributed by atoms with E-state index in [1.54, 1.807) is 25.1 Å². The second-order valence-electron chi connectivity index (χ2n) is 4.60. The number of anilines is 1. The largest absolute Gasteiger partial charge is 0.343 e. The molecule has 22 heavy (non-hydrogen) atoms. The highest BCUT2D eigenvalue weighted by atomic mass is 19.1. The van der Waals surface area contributed by atoms with Gasteiger partial charge in [0.1, 0.15) is 5.82 Å². The molecule has 7 heteroatoms. The number of H-pyrrole nitrogens is 1. The lowest BCUT2D eigenvalue weighted by Crippen LogP contribution is -2.33. The number of carbonyl (C=O) groups excluding carboxylic acids is 2. The molecule has 0 radical (unpaired) electrons. The van der Waals surface area contributed by atoms with E-state index in [1.807, 2.05) is 0 Å². The minimum atomic E-state index is -0.369. The van der Waals surface area contributed by atoms with Crippen molar-refractivity contribution in [3.8, 4) is 0 Å². The Labute approximate surface area is 126 Å². The lowest BCUT2D eigenvalue weighted by Gasteiger charge is -2.06. The van der Waals surface area contributed by atoms with Crippen LogP contribution in [0.3, 0.4) is 0 Å². The molecule has 0 aliphatic carbocycles. The predicted molar refractivity (Wildman–Crippen MR) is 80.3 cm³/mol. The van der Waals surface area contributed by atoms with Crippen molar-refractivity contribution in [3.05, 3.63) is 53.6 Å². The van der Waals surface area contributed by atoms with E-state index in [-0.39, 0.29) is 24.2 Å². The number of nitrogens with zero attached hydrogens (tertiary/aromatic N) is 1. The number of halogens is 1. The Morgan fingerprint density at radius 3 is 2.68 bits per heavy atom. The van der Waals surface area contributed by atoms with Gasteiger partial charge in [0.15, 0.2) is 0 Å². The Kier molecular flexibility index (Phi) is 5.02. The molecule has 0 atom stereocenters. The summed E-state index contributed by atoms with van der Waals surface area (Å²) < 4.78 is 12.8. The van der Waals surface area contributed by atoms with Gasteiger partial charge in [0.2, 0.25) is 11.8 Å². The van der Waals surface area contributed by atoms with Crippen LogP contribution in [-0.4, -0.2) is 28.6 Å². The third-order valence-electron chi connectivity index (χ3n) is 2.80. The number of aromatic amines is 1. The van der Waals surface area contributed by atoms with Crippen LogP contribution in [0, 0.1) is 5.82 Å². The van der Waals surface area contributed by atoms with Crippen molar-refractivity contribution >= 4 is 23.6 Å². The molecule has 1 aromatic carbocycles. The molecule has 2 rings (SSSR count). The second-order valence-corrected chi connectivity index (χ2v) is 4.60. The topological polar surface area (TPSA) is 86.9 Å². The molecule has 6 nitrogen and oxygen atoms in total. The number of rotatable bonds is 5. The third-order valence-corrected chi connectivity index (χ3v) is 2.80. The van der Waals surface area contributed by atoms with Gasteiger partial charge in [-0.2, -0.15) is 5.10 Å². The molecule has 0 saturated carbocycles. The molecule has 0 aliphatic heterocycles. The smallest absolute Gasteiger partial charge is 0.247 e. The summed E-state index contributed by atoms with van der Waals surface area (Å²) >= 11 is 0. The first-order valence-electron chi connectivity index (χ1n) is 6.55. The monoisotopic (exact) mass is 302 g/mol. The van der Waals surface area contributed by atoms with E-state index in [1.165, 1.54) is 24.5 Å². The van der Waals surface area contributed by atoms with Crippen LogP contribution in [0.15, 0.2) is 42.2 Å². The SMILES string of the molecule is CC(=Cc1ccc(F)cc1)C(=O)NCC(=O)Nc1cn[nH]c1. The molecule has 2 aromatic rings. The standard InChI is InChI=1S/C15H15FN4O2/c1-10(6-11-2-4-12(16)5-3-11)15(22)17-9-14(21)20-13-7-18-19-8-13/h2-8H,9H2,1H3,(H,17,22)(H,18,19)(H,20,21).